The van der Waals surface area contributed by atoms with Gasteiger partial charge in [0.2, 0.25) is 5.78 Å². The Morgan fingerprint density at radius 3 is 2.35 bits per heavy atom. The molecule has 0 aromatic heterocycles. The van der Waals surface area contributed by atoms with E-state index in [4.69, 9.17) is 5.73 Å². The number of phenolic OH excluding ortho intramolecular Hbond substituents is 1. The molecule has 7 N–H and O–H groups in total. The van der Waals surface area contributed by atoms with Gasteiger partial charge in [-0.2, -0.15) is 0 Å². The summed E-state index contributed by atoms with van der Waals surface area (Å²) in [4.78, 5) is 43.1. The van der Waals surface area contributed by atoms with Gasteiger partial charge >= 0.3 is 0 Å². The van der Waals surface area contributed by atoms with Gasteiger partial charge in [0.05, 0.1) is 11.6 Å². The summed E-state index contributed by atoms with van der Waals surface area (Å²) in [6.07, 6.45) is 4.70. The fraction of sp³-hybridized carbons (Fsp3) is 0.552. The number of nitrogens with two attached hydrogens (primary N) is 1. The third-order valence-electron chi connectivity index (χ3n) is 9.20. The third-order valence-corrected chi connectivity index (χ3v) is 9.20. The van der Waals surface area contributed by atoms with Crippen LogP contribution in [0.25, 0.3) is 0 Å². The number of Topliss-reactive ketones (excluding diaryl/α,β-unsaturated/α-hetero) is 2. The number of nitrogens with zero attached hydrogens (tertiary/aromatic N) is 2. The maximum absolute atomic E-state index is 14.1. The van der Waals surface area contributed by atoms with Crippen molar-refractivity contribution in [3.63, 3.8) is 0 Å². The van der Waals surface area contributed by atoms with Crippen LogP contribution in [0.2, 0.25) is 0 Å². The van der Waals surface area contributed by atoms with Crippen LogP contribution in [0.15, 0.2) is 28.7 Å². The largest absolute Gasteiger partial charge is 0.510 e. The van der Waals surface area contributed by atoms with Crippen LogP contribution in [0, 0.1) is 11.8 Å². The van der Waals surface area contributed by atoms with E-state index in [2.05, 4.69) is 5.32 Å². The number of carbonyl (C=O) groups is 3. The lowest BCUT2D eigenvalue weighted by Gasteiger charge is -2.50. The van der Waals surface area contributed by atoms with Crippen molar-refractivity contribution in [2.75, 3.05) is 33.1 Å². The van der Waals surface area contributed by atoms with Crippen LogP contribution < -0.4 is 16.0 Å². The number of carbonyl (C=O) groups excluding carboxylic acids is 3. The molecule has 0 saturated heterocycles. The Kier molecular flexibility index (Phi) is 6.96. The van der Waals surface area contributed by atoms with Gasteiger partial charge in [0.25, 0.3) is 5.91 Å². The minimum Gasteiger partial charge on any atom is -0.510 e. The normalized spacial score (nSPS) is 28.6. The summed E-state index contributed by atoms with van der Waals surface area (Å²) in [6.45, 7) is 0.355. The zero-order valence-electron chi connectivity index (χ0n) is 23.3. The molecular weight excluding hydrogens is 516 g/mol. The molecule has 1 fully saturated rings. The fourth-order valence-corrected chi connectivity index (χ4v) is 7.27. The molecule has 5 rings (SSSR count). The fourth-order valence-electron chi connectivity index (χ4n) is 7.27. The lowest BCUT2D eigenvalue weighted by atomic mass is 9.58. The van der Waals surface area contributed by atoms with Gasteiger partial charge in [-0.15, -0.1) is 0 Å². The summed E-state index contributed by atoms with van der Waals surface area (Å²) >= 11 is 0. The zero-order chi connectivity index (χ0) is 29.3. The SMILES string of the molecule is CN(C)c1cc(CNC2CCCC2)c(O)c2c1C[C@H]1C[C@@H]3[C@H](N(C)C)C(O)=C(C(N)=O)C(=O)[C@]3(O)C(O)=C1C2=O. The molecule has 0 unspecified atom stereocenters. The Balaban J connectivity index is 1.65. The van der Waals surface area contributed by atoms with Gasteiger partial charge in [-0.3, -0.25) is 19.3 Å². The van der Waals surface area contributed by atoms with Crippen molar-refractivity contribution in [1.82, 2.24) is 10.2 Å². The molecule has 0 radical (unpaired) electrons. The molecule has 40 heavy (non-hydrogen) atoms. The monoisotopic (exact) mass is 554 g/mol. The minimum absolute atomic E-state index is 0.0372. The van der Waals surface area contributed by atoms with E-state index in [9.17, 15) is 34.8 Å². The number of allylic oxidation sites excluding steroid dienone is 1. The number of primary amides is 1. The van der Waals surface area contributed by atoms with Gasteiger partial charge in [0, 0.05) is 49.4 Å². The molecule has 1 saturated carbocycles. The number of hydrogen-bond acceptors (Lipinski definition) is 10. The molecule has 4 aliphatic carbocycles. The van der Waals surface area contributed by atoms with Crippen LogP contribution in [0.4, 0.5) is 5.69 Å². The number of benzene rings is 1. The highest BCUT2D eigenvalue weighted by Gasteiger charge is 2.63. The number of aliphatic hydroxyl groups is 3. The molecule has 0 heterocycles. The summed E-state index contributed by atoms with van der Waals surface area (Å²) in [5.41, 5.74) is 3.74. The lowest BCUT2D eigenvalue weighted by Crippen LogP contribution is -2.63. The van der Waals surface area contributed by atoms with E-state index in [1.165, 1.54) is 4.90 Å². The Hall–Kier alpha value is -3.41. The minimum atomic E-state index is -2.65. The van der Waals surface area contributed by atoms with E-state index in [-0.39, 0.29) is 29.7 Å². The second-order valence-electron chi connectivity index (χ2n) is 12.0. The molecule has 0 aliphatic heterocycles. The van der Waals surface area contributed by atoms with E-state index in [1.54, 1.807) is 14.1 Å². The van der Waals surface area contributed by atoms with Crippen LogP contribution in [-0.4, -0.2) is 88.7 Å². The Morgan fingerprint density at radius 2 is 1.77 bits per heavy atom. The van der Waals surface area contributed by atoms with Crippen LogP contribution >= 0.6 is 0 Å². The first-order chi connectivity index (χ1) is 18.8. The number of aliphatic hydroxyl groups excluding tert-OH is 2. The summed E-state index contributed by atoms with van der Waals surface area (Å²) < 4.78 is 0. The van der Waals surface area contributed by atoms with Crippen molar-refractivity contribution in [3.8, 4) is 5.75 Å². The molecule has 1 amide bonds. The summed E-state index contributed by atoms with van der Waals surface area (Å²) in [5.74, 6) is -6.44. The van der Waals surface area contributed by atoms with Crippen molar-refractivity contribution in [1.29, 1.82) is 0 Å². The van der Waals surface area contributed by atoms with Crippen LogP contribution in [0.1, 0.15) is 53.6 Å². The van der Waals surface area contributed by atoms with Gasteiger partial charge in [-0.1, -0.05) is 12.8 Å². The second kappa shape index (κ2) is 9.90. The predicted octanol–water partition coefficient (Wildman–Crippen LogP) is 1.22. The predicted molar refractivity (Wildman–Crippen MR) is 147 cm³/mol. The summed E-state index contributed by atoms with van der Waals surface area (Å²) in [6, 6.07) is 1.19. The topological polar surface area (TPSA) is 177 Å². The van der Waals surface area contributed by atoms with E-state index in [0.717, 1.165) is 31.4 Å². The van der Waals surface area contributed by atoms with E-state index < -0.39 is 58.0 Å². The first kappa shape index (κ1) is 28.1. The highest BCUT2D eigenvalue weighted by Crippen LogP contribution is 2.53. The molecule has 1 aromatic carbocycles. The van der Waals surface area contributed by atoms with E-state index in [1.807, 2.05) is 25.1 Å². The molecule has 0 bridgehead atoms. The van der Waals surface area contributed by atoms with Crippen molar-refractivity contribution < 1.29 is 34.8 Å². The van der Waals surface area contributed by atoms with Gasteiger partial charge in [0.15, 0.2) is 11.4 Å². The molecule has 11 nitrogen and oxygen atoms in total. The third kappa shape index (κ3) is 4.02. The molecular formula is C29H38N4O7. The maximum Gasteiger partial charge on any atom is 0.255 e. The zero-order valence-corrected chi connectivity index (χ0v) is 23.3. The second-order valence-corrected chi connectivity index (χ2v) is 12.0. The van der Waals surface area contributed by atoms with Crippen LogP contribution in [-0.2, 0) is 22.6 Å². The molecule has 4 atom stereocenters. The van der Waals surface area contributed by atoms with Crippen molar-refractivity contribution in [3.05, 3.63) is 45.4 Å². The van der Waals surface area contributed by atoms with Crippen molar-refractivity contribution in [2.24, 2.45) is 17.6 Å². The highest BCUT2D eigenvalue weighted by atomic mass is 16.3. The number of aromatic hydroxyl groups is 1. The quantitative estimate of drug-likeness (QED) is 0.280. The summed E-state index contributed by atoms with van der Waals surface area (Å²) in [5, 5.41) is 49.0. The average Bonchev–Trinajstić information content (AvgIpc) is 3.39. The number of likely N-dealkylation sites (N-methyl/N-ethyl adjacent to an activating group) is 1. The first-order valence-electron chi connectivity index (χ1n) is 13.7. The molecule has 0 spiro atoms. The number of hydrogen-bond donors (Lipinski definition) is 6. The Labute approximate surface area is 232 Å². The number of ketones is 2. The van der Waals surface area contributed by atoms with Gasteiger partial charge in [-0.25, -0.2) is 0 Å². The standard InChI is InChI=1S/C29H38N4O7/c1-32(2)18-11-14(12-31-15-7-5-6-8-15)23(34)20-16(18)9-13-10-17-22(33(3)4)25(36)21(28(30)39)27(38)29(17,40)26(37)19(13)24(20)35/h11,13,15,17,22,31,34,36-37,40H,5-10,12H2,1-4H3,(H2,30,39)/t13-,17+,22-,29+/m0/s1. The Bertz CT molecular complexity index is 1360. The lowest BCUT2D eigenvalue weighted by molar-refractivity contribution is -0.148. The Morgan fingerprint density at radius 1 is 1.12 bits per heavy atom. The maximum atomic E-state index is 14.1. The number of nitrogens with one attached hydrogen (secondary N) is 1. The van der Waals surface area contributed by atoms with E-state index in [0.29, 0.717) is 23.7 Å². The summed E-state index contributed by atoms with van der Waals surface area (Å²) in [7, 11) is 6.92. The average molecular weight is 555 g/mol. The van der Waals surface area contributed by atoms with Gasteiger partial charge < -0.3 is 36.4 Å². The van der Waals surface area contributed by atoms with E-state index >= 15 is 0 Å². The number of phenols is 1. The van der Waals surface area contributed by atoms with Crippen molar-refractivity contribution in [2.45, 2.75) is 62.8 Å². The number of rotatable bonds is 6. The molecule has 4 aliphatic rings. The number of amides is 1. The van der Waals surface area contributed by atoms with Gasteiger partial charge in [-0.05, 0) is 57.3 Å². The molecule has 216 valence electrons. The highest BCUT2D eigenvalue weighted by molar-refractivity contribution is 6.24. The molecule has 11 heteroatoms. The van der Waals surface area contributed by atoms with Gasteiger partial charge in [0.1, 0.15) is 22.8 Å². The number of anilines is 1. The van der Waals surface area contributed by atoms with Crippen LogP contribution in [0.5, 0.6) is 5.75 Å². The smallest absolute Gasteiger partial charge is 0.255 e. The van der Waals surface area contributed by atoms with Crippen molar-refractivity contribution >= 4 is 23.2 Å². The first-order valence-corrected chi connectivity index (χ1v) is 13.7. The number of fused-ring (bicyclic) bond motifs is 3. The van der Waals surface area contributed by atoms with Crippen LogP contribution in [0.3, 0.4) is 0 Å². The molecule has 1 aromatic rings.